The van der Waals surface area contributed by atoms with Gasteiger partial charge in [-0.25, -0.2) is 0 Å². The first kappa shape index (κ1) is 16.4. The Morgan fingerprint density at radius 2 is 1.61 bits per heavy atom. The van der Waals surface area contributed by atoms with E-state index in [0.29, 0.717) is 17.2 Å². The molecule has 0 amide bonds. The second-order valence-corrected chi connectivity index (χ2v) is 4.60. The minimum Gasteiger partial charge on any atom is -0.493 e. The zero-order chi connectivity index (χ0) is 16.8. The first-order valence-electron chi connectivity index (χ1n) is 6.81. The molecule has 0 heterocycles. The Labute approximate surface area is 134 Å². The van der Waals surface area contributed by atoms with Crippen LogP contribution in [0, 0.1) is 10.1 Å². The molecule has 0 radical (unpaired) electrons. The minimum absolute atomic E-state index is 0.494. The second-order valence-electron chi connectivity index (χ2n) is 4.60. The molecule has 0 saturated carbocycles. The van der Waals surface area contributed by atoms with Gasteiger partial charge in [0.2, 0.25) is 11.9 Å². The maximum atomic E-state index is 10.6. The Kier molecular flexibility index (Phi) is 5.19. The molecule has 2 rings (SSSR count). The normalized spacial score (nSPS) is 10.6. The van der Waals surface area contributed by atoms with Crippen LogP contribution in [0.3, 0.4) is 0 Å². The Morgan fingerprint density at radius 3 is 2.13 bits per heavy atom. The quantitative estimate of drug-likeness (QED) is 0.601. The molecule has 6 nitrogen and oxygen atoms in total. The van der Waals surface area contributed by atoms with Gasteiger partial charge in [-0.15, -0.1) is 0 Å². The van der Waals surface area contributed by atoms with Gasteiger partial charge in [0.15, 0.2) is 11.5 Å². The summed E-state index contributed by atoms with van der Waals surface area (Å²) in [7, 11) is 4.62. The topological polar surface area (TPSA) is 70.8 Å². The van der Waals surface area contributed by atoms with E-state index in [9.17, 15) is 10.1 Å². The van der Waals surface area contributed by atoms with Gasteiger partial charge in [0.1, 0.15) is 0 Å². The molecule has 0 aromatic heterocycles. The zero-order valence-corrected chi connectivity index (χ0v) is 13.1. The molecule has 0 saturated heterocycles. The van der Waals surface area contributed by atoms with Crippen molar-refractivity contribution < 1.29 is 19.1 Å². The lowest BCUT2D eigenvalue weighted by Crippen LogP contribution is -1.96. The molecule has 0 unspecified atom stereocenters. The molecule has 23 heavy (non-hydrogen) atoms. The van der Waals surface area contributed by atoms with E-state index < -0.39 is 4.92 Å². The van der Waals surface area contributed by atoms with Crippen LogP contribution in [0.15, 0.2) is 42.6 Å². The molecular formula is C17H17NO5. The van der Waals surface area contributed by atoms with Crippen LogP contribution in [0.1, 0.15) is 5.56 Å². The number of ether oxygens (including phenoxy) is 3. The number of nitrogens with zero attached hydrogens (tertiary/aromatic N) is 1. The van der Waals surface area contributed by atoms with Crippen molar-refractivity contribution in [3.05, 3.63) is 58.3 Å². The largest absolute Gasteiger partial charge is 0.493 e. The van der Waals surface area contributed by atoms with Crippen LogP contribution in [-0.2, 0) is 0 Å². The van der Waals surface area contributed by atoms with Crippen LogP contribution in [0.5, 0.6) is 17.2 Å². The minimum atomic E-state index is -0.494. The molecular weight excluding hydrogens is 298 g/mol. The molecule has 0 aliphatic carbocycles. The second kappa shape index (κ2) is 7.31. The number of hydrogen-bond donors (Lipinski definition) is 0. The first-order chi connectivity index (χ1) is 11.1. The molecule has 0 spiro atoms. The molecule has 0 fully saturated rings. The SMILES string of the molecule is COc1cc(-c2ccccc2C=C[N+](=O)[O-])cc(OC)c1OC. The van der Waals surface area contributed by atoms with E-state index in [4.69, 9.17) is 14.2 Å². The summed E-state index contributed by atoms with van der Waals surface area (Å²) in [6.07, 6.45) is 2.37. The van der Waals surface area contributed by atoms with Crippen molar-refractivity contribution in [2.45, 2.75) is 0 Å². The van der Waals surface area contributed by atoms with Crippen LogP contribution >= 0.6 is 0 Å². The van der Waals surface area contributed by atoms with Crippen molar-refractivity contribution in [3.8, 4) is 28.4 Å². The van der Waals surface area contributed by atoms with Gasteiger partial charge in [0.25, 0.3) is 0 Å². The fraction of sp³-hybridized carbons (Fsp3) is 0.176. The highest BCUT2D eigenvalue weighted by molar-refractivity contribution is 5.78. The maximum Gasteiger partial charge on any atom is 0.235 e. The molecule has 6 heteroatoms. The number of methoxy groups -OCH3 is 3. The fourth-order valence-electron chi connectivity index (χ4n) is 2.28. The van der Waals surface area contributed by atoms with Gasteiger partial charge in [0, 0.05) is 6.08 Å². The molecule has 0 bridgehead atoms. The van der Waals surface area contributed by atoms with E-state index in [-0.39, 0.29) is 0 Å². The van der Waals surface area contributed by atoms with Crippen LogP contribution in [0.25, 0.3) is 17.2 Å². The predicted molar refractivity (Wildman–Crippen MR) is 87.6 cm³/mol. The van der Waals surface area contributed by atoms with Crippen LogP contribution in [0.2, 0.25) is 0 Å². The average molecular weight is 315 g/mol. The Hall–Kier alpha value is -3.02. The third-order valence-corrected chi connectivity index (χ3v) is 3.31. The molecule has 2 aromatic rings. The van der Waals surface area contributed by atoms with Crippen molar-refractivity contribution in [1.29, 1.82) is 0 Å². The molecule has 0 aliphatic rings. The summed E-state index contributed by atoms with van der Waals surface area (Å²) in [5.74, 6) is 1.54. The van der Waals surface area contributed by atoms with Crippen LogP contribution < -0.4 is 14.2 Å². The van der Waals surface area contributed by atoms with Crippen molar-refractivity contribution >= 4 is 6.08 Å². The Balaban J connectivity index is 2.61. The van der Waals surface area contributed by atoms with E-state index in [2.05, 4.69) is 0 Å². The molecule has 0 aliphatic heterocycles. The van der Waals surface area contributed by atoms with Gasteiger partial charge in [-0.05, 0) is 28.8 Å². The van der Waals surface area contributed by atoms with Crippen LogP contribution in [0.4, 0.5) is 0 Å². The molecule has 120 valence electrons. The smallest absolute Gasteiger partial charge is 0.235 e. The summed E-state index contributed by atoms with van der Waals surface area (Å²) in [5, 5.41) is 10.6. The monoisotopic (exact) mass is 315 g/mol. The summed E-state index contributed by atoms with van der Waals surface area (Å²) < 4.78 is 16.0. The fourth-order valence-corrected chi connectivity index (χ4v) is 2.28. The highest BCUT2D eigenvalue weighted by atomic mass is 16.6. The average Bonchev–Trinajstić information content (AvgIpc) is 2.58. The van der Waals surface area contributed by atoms with Gasteiger partial charge >= 0.3 is 0 Å². The third kappa shape index (κ3) is 3.60. The molecule has 0 N–H and O–H groups in total. The predicted octanol–water partition coefficient (Wildman–Crippen LogP) is 3.63. The lowest BCUT2D eigenvalue weighted by atomic mass is 9.99. The zero-order valence-electron chi connectivity index (χ0n) is 13.1. The van der Waals surface area contributed by atoms with E-state index in [0.717, 1.165) is 22.9 Å². The summed E-state index contributed by atoms with van der Waals surface area (Å²) in [4.78, 5) is 10.1. The van der Waals surface area contributed by atoms with Crippen molar-refractivity contribution in [3.63, 3.8) is 0 Å². The van der Waals surface area contributed by atoms with Gasteiger partial charge in [-0.3, -0.25) is 10.1 Å². The highest BCUT2D eigenvalue weighted by Crippen LogP contribution is 2.41. The summed E-state index contributed by atoms with van der Waals surface area (Å²) in [6.45, 7) is 0. The van der Waals surface area contributed by atoms with Crippen molar-refractivity contribution in [1.82, 2.24) is 0 Å². The third-order valence-electron chi connectivity index (χ3n) is 3.31. The van der Waals surface area contributed by atoms with E-state index in [1.807, 2.05) is 18.2 Å². The van der Waals surface area contributed by atoms with Crippen molar-refractivity contribution in [2.75, 3.05) is 21.3 Å². The number of rotatable bonds is 6. The summed E-state index contributed by atoms with van der Waals surface area (Å²) in [5.41, 5.74) is 2.35. The maximum absolute atomic E-state index is 10.6. The lowest BCUT2D eigenvalue weighted by molar-refractivity contribution is -0.400. The van der Waals surface area contributed by atoms with E-state index in [1.54, 1.807) is 32.4 Å². The van der Waals surface area contributed by atoms with Gasteiger partial charge in [-0.2, -0.15) is 0 Å². The molecule has 2 aromatic carbocycles. The number of benzene rings is 2. The summed E-state index contributed by atoms with van der Waals surface area (Å²) in [6, 6.07) is 11.0. The lowest BCUT2D eigenvalue weighted by Gasteiger charge is -2.15. The standard InChI is InChI=1S/C17H17NO5/c1-21-15-10-13(11-16(22-2)17(15)23-3)14-7-5-4-6-12(14)8-9-18(19)20/h4-11H,1-3H3. The number of hydrogen-bond acceptors (Lipinski definition) is 5. The van der Waals surface area contributed by atoms with Gasteiger partial charge in [-0.1, -0.05) is 24.3 Å². The molecule has 0 atom stereocenters. The first-order valence-corrected chi connectivity index (χ1v) is 6.81. The van der Waals surface area contributed by atoms with Gasteiger partial charge in [0.05, 0.1) is 26.3 Å². The Bertz CT molecular complexity index is 715. The van der Waals surface area contributed by atoms with E-state index in [1.165, 1.54) is 13.2 Å². The Morgan fingerprint density at radius 1 is 1.00 bits per heavy atom. The highest BCUT2D eigenvalue weighted by Gasteiger charge is 2.15. The van der Waals surface area contributed by atoms with Gasteiger partial charge < -0.3 is 14.2 Å². The number of nitro groups is 1. The van der Waals surface area contributed by atoms with E-state index >= 15 is 0 Å². The van der Waals surface area contributed by atoms with Crippen molar-refractivity contribution in [2.24, 2.45) is 0 Å². The summed E-state index contributed by atoms with van der Waals surface area (Å²) >= 11 is 0. The van der Waals surface area contributed by atoms with Crippen LogP contribution in [-0.4, -0.2) is 26.3 Å².